The minimum absolute atomic E-state index is 0.900. The van der Waals surface area contributed by atoms with Gasteiger partial charge in [-0.15, -0.1) is 0 Å². The highest BCUT2D eigenvalue weighted by Gasteiger charge is 2.11. The number of aromatic nitrogens is 1. The van der Waals surface area contributed by atoms with Crippen molar-refractivity contribution in [3.63, 3.8) is 0 Å². The van der Waals surface area contributed by atoms with E-state index in [-0.39, 0.29) is 0 Å². The van der Waals surface area contributed by atoms with Gasteiger partial charge >= 0.3 is 0 Å². The molecule has 0 N–H and O–H groups in total. The Morgan fingerprint density at radius 2 is 1.26 bits per heavy atom. The third-order valence-electron chi connectivity index (χ3n) is 7.23. The number of furan rings is 1. The molecule has 0 aliphatic rings. The first-order valence-corrected chi connectivity index (χ1v) is 12.8. The monoisotopic (exact) mass is 487 g/mol. The van der Waals surface area contributed by atoms with Crippen LogP contribution in [0.2, 0.25) is 0 Å². The predicted octanol–water partition coefficient (Wildman–Crippen LogP) is 9.97. The summed E-state index contributed by atoms with van der Waals surface area (Å²) in [5.74, 6) is 0. The maximum Gasteiger partial charge on any atom is 0.135 e. The summed E-state index contributed by atoms with van der Waals surface area (Å²) in [4.78, 5) is 0. The number of allylic oxidation sites excluding steroid dienone is 4. The molecule has 0 fully saturated rings. The summed E-state index contributed by atoms with van der Waals surface area (Å²) in [6.45, 7) is 4.05. The van der Waals surface area contributed by atoms with Crippen molar-refractivity contribution in [2.45, 2.75) is 0 Å². The smallest absolute Gasteiger partial charge is 0.135 e. The fourth-order valence-corrected chi connectivity index (χ4v) is 5.39. The lowest BCUT2D eigenvalue weighted by Gasteiger charge is -2.08. The second-order valence-corrected chi connectivity index (χ2v) is 9.46. The van der Waals surface area contributed by atoms with Crippen molar-refractivity contribution in [1.29, 1.82) is 0 Å². The Hall–Kier alpha value is -5.08. The zero-order valence-corrected chi connectivity index (χ0v) is 20.8. The molecule has 7 aromatic rings. The lowest BCUT2D eigenvalue weighted by Crippen LogP contribution is -1.93. The minimum atomic E-state index is 0.900. The SMILES string of the molecule is C=C/C(=C\C=C\c1ccc(-n2c3ccccc3c3ccccc32)cc1)c1ccc2oc3ccccc3c2c1. The van der Waals surface area contributed by atoms with E-state index in [4.69, 9.17) is 4.42 Å². The third kappa shape index (κ3) is 3.66. The largest absolute Gasteiger partial charge is 0.456 e. The molecule has 0 atom stereocenters. The van der Waals surface area contributed by atoms with Gasteiger partial charge in [-0.2, -0.15) is 0 Å². The second-order valence-electron chi connectivity index (χ2n) is 9.46. The summed E-state index contributed by atoms with van der Waals surface area (Å²) in [5, 5.41) is 4.80. The van der Waals surface area contributed by atoms with Crippen LogP contribution in [0.5, 0.6) is 0 Å². The average Bonchev–Trinajstić information content (AvgIpc) is 3.51. The zero-order valence-electron chi connectivity index (χ0n) is 20.8. The molecule has 0 aliphatic heterocycles. The van der Waals surface area contributed by atoms with Crippen LogP contribution < -0.4 is 0 Å². The van der Waals surface area contributed by atoms with Crippen molar-refractivity contribution in [3.05, 3.63) is 151 Å². The van der Waals surface area contributed by atoms with E-state index in [9.17, 15) is 0 Å². The molecular formula is C36H25NO. The van der Waals surface area contributed by atoms with Crippen LogP contribution in [0.15, 0.2) is 144 Å². The standard InChI is InChI=1S/C36H25NO/c1-2-26(27-20-23-36-32(24-27)31-14-5-8-17-35(31)38-36)11-9-10-25-18-21-28(22-19-25)37-33-15-6-3-12-29(33)30-13-4-7-16-34(30)37/h2-24H,1H2/b10-9+,26-11+. The molecule has 0 aliphatic carbocycles. The highest BCUT2D eigenvalue weighted by atomic mass is 16.3. The number of hydrogen-bond donors (Lipinski definition) is 0. The van der Waals surface area contributed by atoms with E-state index in [0.717, 1.165) is 44.3 Å². The van der Waals surface area contributed by atoms with E-state index >= 15 is 0 Å². The summed E-state index contributed by atoms with van der Waals surface area (Å²) >= 11 is 0. The summed E-state index contributed by atoms with van der Waals surface area (Å²) in [6.07, 6.45) is 8.23. The Morgan fingerprint density at radius 3 is 1.97 bits per heavy atom. The van der Waals surface area contributed by atoms with E-state index in [2.05, 4.69) is 120 Å². The molecule has 0 spiro atoms. The molecule has 0 amide bonds. The van der Waals surface area contributed by atoms with Crippen molar-refractivity contribution in [2.75, 3.05) is 0 Å². The predicted molar refractivity (Wildman–Crippen MR) is 162 cm³/mol. The molecule has 2 aromatic heterocycles. The summed E-state index contributed by atoms with van der Waals surface area (Å²) in [6, 6.07) is 40.4. The van der Waals surface area contributed by atoms with Crippen LogP contribution in [0.4, 0.5) is 0 Å². The van der Waals surface area contributed by atoms with Crippen LogP contribution in [-0.2, 0) is 0 Å². The van der Waals surface area contributed by atoms with Gasteiger partial charge in [0, 0.05) is 27.2 Å². The molecule has 0 radical (unpaired) electrons. The van der Waals surface area contributed by atoms with Crippen molar-refractivity contribution < 1.29 is 4.42 Å². The minimum Gasteiger partial charge on any atom is -0.456 e. The Balaban J connectivity index is 1.20. The first-order chi connectivity index (χ1) is 18.8. The van der Waals surface area contributed by atoms with E-state index < -0.39 is 0 Å². The molecule has 180 valence electrons. The van der Waals surface area contributed by atoms with E-state index in [1.165, 1.54) is 21.8 Å². The van der Waals surface area contributed by atoms with Gasteiger partial charge in [0.15, 0.2) is 0 Å². The Bertz CT molecular complexity index is 1980. The quantitative estimate of drug-likeness (QED) is 0.221. The Labute approximate surface area is 221 Å². The molecule has 0 unspecified atom stereocenters. The molecule has 0 bridgehead atoms. The lowest BCUT2D eigenvalue weighted by atomic mass is 10.0. The number of benzene rings is 5. The topological polar surface area (TPSA) is 18.1 Å². The second kappa shape index (κ2) is 9.10. The van der Waals surface area contributed by atoms with Crippen LogP contribution in [-0.4, -0.2) is 4.57 Å². The molecule has 2 nitrogen and oxygen atoms in total. The number of para-hydroxylation sites is 3. The van der Waals surface area contributed by atoms with Gasteiger partial charge in [-0.05, 0) is 59.2 Å². The van der Waals surface area contributed by atoms with Crippen molar-refractivity contribution in [2.24, 2.45) is 0 Å². The van der Waals surface area contributed by atoms with Crippen molar-refractivity contribution in [3.8, 4) is 5.69 Å². The normalized spacial score (nSPS) is 12.4. The van der Waals surface area contributed by atoms with Gasteiger partial charge in [-0.1, -0.05) is 104 Å². The highest BCUT2D eigenvalue weighted by molar-refractivity contribution is 6.09. The van der Waals surface area contributed by atoms with Gasteiger partial charge in [0.05, 0.1) is 11.0 Å². The van der Waals surface area contributed by atoms with Crippen LogP contribution in [0.25, 0.3) is 61.1 Å². The van der Waals surface area contributed by atoms with Crippen molar-refractivity contribution in [1.82, 2.24) is 4.57 Å². The summed E-state index contributed by atoms with van der Waals surface area (Å²) < 4.78 is 8.32. The molecule has 38 heavy (non-hydrogen) atoms. The molecule has 0 saturated heterocycles. The number of hydrogen-bond acceptors (Lipinski definition) is 1. The molecule has 5 aromatic carbocycles. The molecule has 2 heterocycles. The summed E-state index contributed by atoms with van der Waals surface area (Å²) in [7, 11) is 0. The Morgan fingerprint density at radius 1 is 0.632 bits per heavy atom. The zero-order chi connectivity index (χ0) is 25.5. The maximum absolute atomic E-state index is 5.98. The van der Waals surface area contributed by atoms with E-state index in [0.29, 0.717) is 0 Å². The first kappa shape index (κ1) is 22.1. The van der Waals surface area contributed by atoms with Gasteiger partial charge in [-0.3, -0.25) is 0 Å². The fraction of sp³-hybridized carbons (Fsp3) is 0. The van der Waals surface area contributed by atoms with Gasteiger partial charge in [0.1, 0.15) is 11.2 Å². The van der Waals surface area contributed by atoms with Crippen LogP contribution in [0.1, 0.15) is 11.1 Å². The fourth-order valence-electron chi connectivity index (χ4n) is 5.39. The van der Waals surface area contributed by atoms with Crippen LogP contribution in [0, 0.1) is 0 Å². The molecule has 7 rings (SSSR count). The number of rotatable bonds is 5. The maximum atomic E-state index is 5.98. The molecular weight excluding hydrogens is 462 g/mol. The first-order valence-electron chi connectivity index (χ1n) is 12.8. The number of nitrogens with zero attached hydrogens (tertiary/aromatic N) is 1. The van der Waals surface area contributed by atoms with Gasteiger partial charge in [0.2, 0.25) is 0 Å². The highest BCUT2D eigenvalue weighted by Crippen LogP contribution is 2.33. The molecule has 0 saturated carbocycles. The van der Waals surface area contributed by atoms with Gasteiger partial charge < -0.3 is 8.98 Å². The third-order valence-corrected chi connectivity index (χ3v) is 7.23. The molecule has 2 heteroatoms. The van der Waals surface area contributed by atoms with Gasteiger partial charge in [-0.25, -0.2) is 0 Å². The van der Waals surface area contributed by atoms with Crippen molar-refractivity contribution >= 4 is 55.4 Å². The van der Waals surface area contributed by atoms with E-state index in [1.54, 1.807) is 0 Å². The summed E-state index contributed by atoms with van der Waals surface area (Å²) in [5.41, 5.74) is 8.73. The lowest BCUT2D eigenvalue weighted by molar-refractivity contribution is 0.669. The van der Waals surface area contributed by atoms with Crippen LogP contribution in [0.3, 0.4) is 0 Å². The number of fused-ring (bicyclic) bond motifs is 6. The average molecular weight is 488 g/mol. The van der Waals surface area contributed by atoms with Crippen LogP contribution >= 0.6 is 0 Å². The van der Waals surface area contributed by atoms with Gasteiger partial charge in [0.25, 0.3) is 0 Å². The van der Waals surface area contributed by atoms with E-state index in [1.807, 2.05) is 30.3 Å². The Kier molecular flexibility index (Phi) is 5.30.